The molecule has 40 heavy (non-hydrogen) atoms. The Morgan fingerprint density at radius 2 is 1.60 bits per heavy atom. The van der Waals surface area contributed by atoms with Crippen molar-refractivity contribution >= 4 is 28.2 Å². The number of halogens is 3. The number of anilines is 2. The summed E-state index contributed by atoms with van der Waals surface area (Å²) in [5.41, 5.74) is 2.54. The van der Waals surface area contributed by atoms with E-state index >= 15 is 0 Å². The normalized spacial score (nSPS) is 18.7. The molecule has 0 bridgehead atoms. The van der Waals surface area contributed by atoms with Crippen molar-refractivity contribution in [1.29, 1.82) is 0 Å². The van der Waals surface area contributed by atoms with Crippen LogP contribution in [0.15, 0.2) is 60.7 Å². The van der Waals surface area contributed by atoms with Crippen molar-refractivity contribution in [2.75, 3.05) is 63.2 Å². The molecule has 2 saturated heterocycles. The van der Waals surface area contributed by atoms with Crippen molar-refractivity contribution in [3.8, 4) is 0 Å². The van der Waals surface area contributed by atoms with E-state index in [1.807, 2.05) is 4.90 Å². The fourth-order valence-electron chi connectivity index (χ4n) is 5.82. The fraction of sp³-hybridized carbons (Fsp3) is 0.452. The van der Waals surface area contributed by atoms with Crippen molar-refractivity contribution in [1.82, 2.24) is 9.80 Å². The number of ether oxygens (including phenoxy) is 1. The van der Waals surface area contributed by atoms with Crippen LogP contribution in [-0.4, -0.2) is 75.4 Å². The molecule has 0 aromatic heterocycles. The Morgan fingerprint density at radius 1 is 0.900 bits per heavy atom. The van der Waals surface area contributed by atoms with Gasteiger partial charge >= 0.3 is 12.3 Å². The summed E-state index contributed by atoms with van der Waals surface area (Å²) in [4.78, 5) is 21.2. The molecule has 0 spiro atoms. The first-order valence-electron chi connectivity index (χ1n) is 14.0. The van der Waals surface area contributed by atoms with Gasteiger partial charge in [0.25, 0.3) is 0 Å². The van der Waals surface area contributed by atoms with E-state index in [2.05, 4.69) is 60.3 Å². The number of piperidine rings is 1. The Kier molecular flexibility index (Phi) is 8.40. The number of amides is 1. The smallest absolute Gasteiger partial charge is 0.416 e. The van der Waals surface area contributed by atoms with Gasteiger partial charge in [-0.25, -0.2) is 4.79 Å². The van der Waals surface area contributed by atoms with Gasteiger partial charge in [-0.1, -0.05) is 36.8 Å². The Hall–Kier alpha value is -3.46. The van der Waals surface area contributed by atoms with E-state index in [1.165, 1.54) is 34.2 Å². The van der Waals surface area contributed by atoms with Crippen molar-refractivity contribution < 1.29 is 22.7 Å². The third-order valence-electron chi connectivity index (χ3n) is 8.09. The lowest BCUT2D eigenvalue weighted by molar-refractivity contribution is -0.137. The van der Waals surface area contributed by atoms with Gasteiger partial charge in [0.1, 0.15) is 6.61 Å². The zero-order valence-corrected chi connectivity index (χ0v) is 23.2. The topological polar surface area (TPSA) is 39.3 Å². The lowest BCUT2D eigenvalue weighted by Crippen LogP contribution is -2.50. The minimum absolute atomic E-state index is 0.165. The average molecular weight is 555 g/mol. The molecule has 0 radical (unpaired) electrons. The van der Waals surface area contributed by atoms with Gasteiger partial charge < -0.3 is 19.4 Å². The second-order valence-corrected chi connectivity index (χ2v) is 10.9. The number of piperazine rings is 1. The van der Waals surface area contributed by atoms with Crippen LogP contribution in [0.5, 0.6) is 0 Å². The van der Waals surface area contributed by atoms with E-state index in [0.29, 0.717) is 32.8 Å². The van der Waals surface area contributed by atoms with E-state index < -0.39 is 11.7 Å². The van der Waals surface area contributed by atoms with Gasteiger partial charge in [-0.15, -0.1) is 0 Å². The number of benzene rings is 3. The molecule has 1 atom stereocenters. The van der Waals surface area contributed by atoms with Crippen molar-refractivity contribution in [2.24, 2.45) is 0 Å². The molecule has 2 aliphatic rings. The zero-order valence-electron chi connectivity index (χ0n) is 23.2. The molecule has 3 aromatic rings. The van der Waals surface area contributed by atoms with Gasteiger partial charge in [0.2, 0.25) is 0 Å². The van der Waals surface area contributed by atoms with Gasteiger partial charge in [-0.3, -0.25) is 4.90 Å². The molecule has 0 aliphatic carbocycles. The number of hydrogen-bond donors (Lipinski definition) is 0. The molecular formula is C31H37F3N4O2. The summed E-state index contributed by atoms with van der Waals surface area (Å²) in [6.45, 7) is 4.17. The van der Waals surface area contributed by atoms with E-state index in [9.17, 15) is 18.0 Å². The molecule has 1 amide bonds. The van der Waals surface area contributed by atoms with Crippen LogP contribution in [0.25, 0.3) is 10.8 Å². The number of hydrogen-bond acceptors (Lipinski definition) is 5. The Balaban J connectivity index is 1.16. The molecule has 0 saturated carbocycles. The summed E-state index contributed by atoms with van der Waals surface area (Å²) >= 11 is 0. The highest BCUT2D eigenvalue weighted by Crippen LogP contribution is 2.32. The van der Waals surface area contributed by atoms with Crippen molar-refractivity contribution in [3.05, 3.63) is 71.8 Å². The summed E-state index contributed by atoms with van der Waals surface area (Å²) in [6.07, 6.45) is -1.44. The van der Waals surface area contributed by atoms with Crippen LogP contribution < -0.4 is 9.80 Å². The molecule has 1 unspecified atom stereocenters. The molecule has 2 heterocycles. The van der Waals surface area contributed by atoms with Gasteiger partial charge in [0.15, 0.2) is 0 Å². The SMILES string of the molecule is CN(C)c1ccc(CN2CCCCC2COC(=O)N2CCN(c3ccc(C(F)(F)F)cc3)CC2)c2ccccc12. The van der Waals surface area contributed by atoms with Crippen LogP contribution in [0.4, 0.5) is 29.3 Å². The monoisotopic (exact) mass is 554 g/mol. The van der Waals surface area contributed by atoms with E-state index in [1.54, 1.807) is 4.90 Å². The number of rotatable bonds is 6. The number of likely N-dealkylation sites (tertiary alicyclic amines) is 1. The third-order valence-corrected chi connectivity index (χ3v) is 8.09. The average Bonchev–Trinajstić information content (AvgIpc) is 2.96. The molecule has 5 rings (SSSR count). The Labute approximate surface area is 233 Å². The number of fused-ring (bicyclic) bond motifs is 1. The van der Waals surface area contributed by atoms with E-state index in [-0.39, 0.29) is 12.1 Å². The maximum Gasteiger partial charge on any atom is 0.416 e. The van der Waals surface area contributed by atoms with Gasteiger partial charge in [0, 0.05) is 69.6 Å². The summed E-state index contributed by atoms with van der Waals surface area (Å²) < 4.78 is 44.4. The van der Waals surface area contributed by atoms with Crippen LogP contribution in [0.3, 0.4) is 0 Å². The van der Waals surface area contributed by atoms with Gasteiger partial charge in [-0.2, -0.15) is 13.2 Å². The number of carbonyl (C=O) groups excluding carboxylic acids is 1. The fourth-order valence-corrected chi connectivity index (χ4v) is 5.82. The summed E-state index contributed by atoms with van der Waals surface area (Å²) in [5, 5.41) is 2.49. The highest BCUT2D eigenvalue weighted by atomic mass is 19.4. The Morgan fingerprint density at radius 3 is 2.27 bits per heavy atom. The third kappa shape index (κ3) is 6.30. The molecular weight excluding hydrogens is 517 g/mol. The predicted molar refractivity (Wildman–Crippen MR) is 153 cm³/mol. The number of alkyl halides is 3. The highest BCUT2D eigenvalue weighted by Gasteiger charge is 2.31. The summed E-state index contributed by atoms with van der Waals surface area (Å²) in [6, 6.07) is 18.3. The van der Waals surface area contributed by atoms with Crippen LogP contribution in [0, 0.1) is 0 Å². The van der Waals surface area contributed by atoms with Crippen molar-refractivity contribution in [2.45, 2.75) is 38.0 Å². The first kappa shape index (κ1) is 28.1. The van der Waals surface area contributed by atoms with Crippen LogP contribution >= 0.6 is 0 Å². The second kappa shape index (κ2) is 12.0. The second-order valence-electron chi connectivity index (χ2n) is 10.9. The van der Waals surface area contributed by atoms with Crippen molar-refractivity contribution in [3.63, 3.8) is 0 Å². The Bertz CT molecular complexity index is 1300. The van der Waals surface area contributed by atoms with Crippen LogP contribution in [0.1, 0.15) is 30.4 Å². The molecule has 0 N–H and O–H groups in total. The quantitative estimate of drug-likeness (QED) is 0.361. The lowest BCUT2D eigenvalue weighted by Gasteiger charge is -2.38. The van der Waals surface area contributed by atoms with Gasteiger partial charge in [-0.05, 0) is 60.7 Å². The highest BCUT2D eigenvalue weighted by molar-refractivity contribution is 5.96. The lowest BCUT2D eigenvalue weighted by atomic mass is 9.98. The van der Waals surface area contributed by atoms with Gasteiger partial charge in [0.05, 0.1) is 5.56 Å². The largest absolute Gasteiger partial charge is 0.448 e. The van der Waals surface area contributed by atoms with E-state index in [0.717, 1.165) is 50.2 Å². The molecule has 2 fully saturated rings. The maximum absolute atomic E-state index is 12.9. The first-order chi connectivity index (χ1) is 19.2. The summed E-state index contributed by atoms with van der Waals surface area (Å²) in [7, 11) is 4.12. The molecule has 9 heteroatoms. The zero-order chi connectivity index (χ0) is 28.3. The minimum atomic E-state index is -4.35. The molecule has 2 aliphatic heterocycles. The standard InChI is InChI=1S/C31H37F3N4O2/c1-35(2)29-15-10-23(27-8-3-4-9-28(27)29)21-38-16-6-5-7-26(38)22-40-30(39)37-19-17-36(18-20-37)25-13-11-24(12-14-25)31(32,33)34/h3-4,8-15,26H,5-7,16-22H2,1-2H3. The molecule has 214 valence electrons. The predicted octanol–water partition coefficient (Wildman–Crippen LogP) is 6.24. The minimum Gasteiger partial charge on any atom is -0.448 e. The maximum atomic E-state index is 12.9. The number of carbonyl (C=O) groups is 1. The summed E-state index contributed by atoms with van der Waals surface area (Å²) in [5.74, 6) is 0. The number of nitrogens with zero attached hydrogens (tertiary/aromatic N) is 4. The van der Waals surface area contributed by atoms with E-state index in [4.69, 9.17) is 4.74 Å². The first-order valence-corrected chi connectivity index (χ1v) is 14.0. The molecule has 3 aromatic carbocycles. The molecule has 6 nitrogen and oxygen atoms in total. The van der Waals surface area contributed by atoms with Crippen LogP contribution in [0.2, 0.25) is 0 Å². The van der Waals surface area contributed by atoms with Crippen LogP contribution in [-0.2, 0) is 17.5 Å².